The number of hydrogen-bond donors (Lipinski definition) is 0. The minimum absolute atomic E-state index is 1.43. The van der Waals surface area contributed by atoms with Crippen LogP contribution in [0.15, 0.2) is 0 Å². The van der Waals surface area contributed by atoms with E-state index in [4.69, 9.17) is 0 Å². The molecule has 0 aliphatic carbocycles. The molecule has 0 amide bonds. The number of unbranched alkanes of at least 4 members (excludes halogenated alkanes) is 4. The zero-order valence-corrected chi connectivity index (χ0v) is 21.6. The Morgan fingerprint density at radius 2 is 0.750 bits per heavy atom. The summed E-state index contributed by atoms with van der Waals surface area (Å²) in [6.07, 6.45) is 17.5. The molecule has 0 N–H and O–H groups in total. The van der Waals surface area contributed by atoms with Gasteiger partial charge in [-0.1, -0.05) is 0 Å². The monoisotopic (exact) mass is 532 g/mol. The van der Waals surface area contributed by atoms with Gasteiger partial charge in [-0.2, -0.15) is 0 Å². The summed E-state index contributed by atoms with van der Waals surface area (Å²) in [5.74, 6) is 0. The van der Waals surface area contributed by atoms with E-state index in [0.29, 0.717) is 0 Å². The van der Waals surface area contributed by atoms with E-state index in [0.717, 1.165) is 0 Å². The first-order chi connectivity index (χ1) is 9.66. The van der Waals surface area contributed by atoms with Crippen molar-refractivity contribution in [1.82, 2.24) is 0 Å². The van der Waals surface area contributed by atoms with Crippen LogP contribution < -0.4 is 0 Å². The summed E-state index contributed by atoms with van der Waals surface area (Å²) in [6, 6.07) is 0. The van der Waals surface area contributed by atoms with Crippen molar-refractivity contribution >= 4 is 43.5 Å². The third-order valence-electron chi connectivity index (χ3n) is 4.39. The van der Waals surface area contributed by atoms with Crippen molar-refractivity contribution in [3.05, 3.63) is 0 Å². The quantitative estimate of drug-likeness (QED) is 0.239. The molecule has 4 heteroatoms. The van der Waals surface area contributed by atoms with Crippen LogP contribution in [-0.4, -0.2) is 31.2 Å². The van der Waals surface area contributed by atoms with Crippen LogP contribution in [0, 0.1) is 0 Å². The molecule has 1 aliphatic rings. The second-order valence-corrected chi connectivity index (χ2v) is 74.3. The van der Waals surface area contributed by atoms with E-state index in [-0.39, 0.29) is 0 Å². The van der Waals surface area contributed by atoms with E-state index in [1.165, 1.54) is 25.7 Å². The predicted octanol–water partition coefficient (Wildman–Crippen LogP) is 7.55. The van der Waals surface area contributed by atoms with Gasteiger partial charge in [-0.25, -0.2) is 0 Å². The Bertz CT molecular complexity index is 209. The molecule has 1 aliphatic heterocycles. The molecular formula is C16H36S2Sn2. The van der Waals surface area contributed by atoms with Crippen molar-refractivity contribution in [2.45, 2.75) is 96.8 Å². The van der Waals surface area contributed by atoms with E-state index in [1.54, 1.807) is 43.4 Å². The van der Waals surface area contributed by atoms with E-state index in [9.17, 15) is 0 Å². The van der Waals surface area contributed by atoms with Crippen molar-refractivity contribution in [3.63, 3.8) is 0 Å². The number of hydrogen-bond acceptors (Lipinski definition) is 2. The van der Waals surface area contributed by atoms with Crippen LogP contribution in [0.25, 0.3) is 0 Å². The molecule has 0 atom stereocenters. The van der Waals surface area contributed by atoms with Gasteiger partial charge in [0.25, 0.3) is 0 Å². The Hall–Kier alpha value is 2.30. The molecule has 0 aromatic rings. The van der Waals surface area contributed by atoms with Gasteiger partial charge in [-0.3, -0.25) is 0 Å². The van der Waals surface area contributed by atoms with E-state index in [1.807, 2.05) is 0 Å². The van der Waals surface area contributed by atoms with Gasteiger partial charge in [-0.05, 0) is 0 Å². The van der Waals surface area contributed by atoms with Gasteiger partial charge >= 0.3 is 140 Å². The van der Waals surface area contributed by atoms with Crippen LogP contribution in [0.3, 0.4) is 0 Å². The van der Waals surface area contributed by atoms with Crippen molar-refractivity contribution in [3.8, 4) is 0 Å². The first kappa shape index (κ1) is 20.3. The van der Waals surface area contributed by atoms with Crippen molar-refractivity contribution < 1.29 is 0 Å². The maximum absolute atomic E-state index is 2.81. The topological polar surface area (TPSA) is 0 Å². The van der Waals surface area contributed by atoms with Crippen LogP contribution in [0.1, 0.15) is 79.1 Å². The molecule has 0 unspecified atom stereocenters. The molecular weight excluding hydrogens is 494 g/mol. The van der Waals surface area contributed by atoms with Crippen LogP contribution in [0.4, 0.5) is 0 Å². The average Bonchev–Trinajstić information content (AvgIpc) is 2.43. The molecule has 1 rings (SSSR count). The first-order valence-electron chi connectivity index (χ1n) is 9.06. The third-order valence-corrected chi connectivity index (χ3v) is 173. The fourth-order valence-electron chi connectivity index (χ4n) is 3.13. The van der Waals surface area contributed by atoms with Gasteiger partial charge in [0.15, 0.2) is 0 Å². The first-order valence-corrected chi connectivity index (χ1v) is 32.7. The number of rotatable bonds is 12. The fraction of sp³-hybridized carbons (Fsp3) is 1.00. The van der Waals surface area contributed by atoms with Gasteiger partial charge in [-0.15, -0.1) is 0 Å². The molecule has 120 valence electrons. The summed E-state index contributed by atoms with van der Waals surface area (Å²) in [5, 5.41) is 0. The molecule has 1 heterocycles. The molecule has 0 nitrogen and oxygen atoms in total. The molecule has 1 fully saturated rings. The SMILES string of the molecule is CCC[CH2][Sn]1([CH2]CCC)[S][Sn]([CH2]CCC)([CH2]CCC)[S]1. The molecule has 0 saturated carbocycles. The van der Waals surface area contributed by atoms with E-state index < -0.39 is 31.2 Å². The Labute approximate surface area is 139 Å². The molecule has 0 aromatic carbocycles. The van der Waals surface area contributed by atoms with Gasteiger partial charge < -0.3 is 0 Å². The zero-order valence-electron chi connectivity index (χ0n) is 14.3. The second kappa shape index (κ2) is 11.0. The second-order valence-electron chi connectivity index (χ2n) is 6.44. The fourth-order valence-corrected chi connectivity index (χ4v) is 244. The summed E-state index contributed by atoms with van der Waals surface area (Å²) in [4.78, 5) is 0. The molecule has 0 bridgehead atoms. The van der Waals surface area contributed by atoms with E-state index in [2.05, 4.69) is 40.0 Å². The third kappa shape index (κ3) is 6.43. The normalized spacial score (nSPS) is 19.8. The van der Waals surface area contributed by atoms with Crippen LogP contribution in [-0.2, 0) is 0 Å². The Morgan fingerprint density at radius 3 is 0.950 bits per heavy atom. The minimum atomic E-state index is -1.70. The van der Waals surface area contributed by atoms with Crippen LogP contribution in [0.5, 0.6) is 0 Å². The van der Waals surface area contributed by atoms with E-state index >= 15 is 0 Å². The summed E-state index contributed by atoms with van der Waals surface area (Å²) >= 11 is -3.40. The summed E-state index contributed by atoms with van der Waals surface area (Å²) in [5.41, 5.74) is 0. The molecule has 1 saturated heterocycles. The standard InChI is InChI=1S/4C4H9.2S.2Sn/c4*1-3-4-2;;;;/h4*1,3-4H2,2H3;;;;. The van der Waals surface area contributed by atoms with Crippen LogP contribution in [0.2, 0.25) is 17.7 Å². The van der Waals surface area contributed by atoms with Gasteiger partial charge in [0, 0.05) is 0 Å². The van der Waals surface area contributed by atoms with Crippen molar-refractivity contribution in [2.75, 3.05) is 0 Å². The predicted molar refractivity (Wildman–Crippen MR) is 106 cm³/mol. The Kier molecular flexibility index (Phi) is 11.1. The van der Waals surface area contributed by atoms with Crippen molar-refractivity contribution in [1.29, 1.82) is 0 Å². The Morgan fingerprint density at radius 1 is 0.500 bits per heavy atom. The Balaban J connectivity index is 2.57. The molecule has 0 radical (unpaired) electrons. The van der Waals surface area contributed by atoms with Gasteiger partial charge in [0.05, 0.1) is 0 Å². The summed E-state index contributed by atoms with van der Waals surface area (Å²) in [6.45, 7) is 9.55. The molecule has 0 spiro atoms. The molecule has 0 aromatic heterocycles. The zero-order chi connectivity index (χ0) is 14.9. The molecule has 20 heavy (non-hydrogen) atoms. The van der Waals surface area contributed by atoms with Gasteiger partial charge in [0.2, 0.25) is 0 Å². The average molecular weight is 530 g/mol. The summed E-state index contributed by atoms with van der Waals surface area (Å²) in [7, 11) is 0. The van der Waals surface area contributed by atoms with Gasteiger partial charge in [0.1, 0.15) is 0 Å². The summed E-state index contributed by atoms with van der Waals surface area (Å²) < 4.78 is 6.82. The van der Waals surface area contributed by atoms with Crippen molar-refractivity contribution in [2.24, 2.45) is 0 Å². The van der Waals surface area contributed by atoms with Crippen LogP contribution >= 0.6 is 12.3 Å². The maximum atomic E-state index is 2.81.